The van der Waals surface area contributed by atoms with E-state index < -0.39 is 25.6 Å². The van der Waals surface area contributed by atoms with Gasteiger partial charge in [-0.25, -0.2) is 4.98 Å². The van der Waals surface area contributed by atoms with Gasteiger partial charge >= 0.3 is 7.60 Å². The van der Waals surface area contributed by atoms with Crippen LogP contribution >= 0.6 is 7.60 Å². The molecule has 1 atom stereocenters. The van der Waals surface area contributed by atoms with E-state index in [1.54, 1.807) is 0 Å². The molecule has 0 spiro atoms. The molecule has 1 unspecified atom stereocenters. The summed E-state index contributed by atoms with van der Waals surface area (Å²) in [6.07, 6.45) is 1.05. The third-order valence-corrected chi connectivity index (χ3v) is 3.14. The van der Waals surface area contributed by atoms with E-state index in [2.05, 4.69) is 21.5 Å². The van der Waals surface area contributed by atoms with Crippen LogP contribution in [0, 0.1) is 0 Å². The van der Waals surface area contributed by atoms with Crippen molar-refractivity contribution in [2.45, 2.75) is 12.6 Å². The van der Waals surface area contributed by atoms with Crippen LogP contribution in [0.5, 0.6) is 0 Å². The van der Waals surface area contributed by atoms with Gasteiger partial charge in [0.25, 0.3) is 5.56 Å². The van der Waals surface area contributed by atoms with Crippen LogP contribution in [-0.2, 0) is 15.8 Å². The van der Waals surface area contributed by atoms with Crippen molar-refractivity contribution in [1.82, 2.24) is 19.5 Å². The molecule has 0 aliphatic carbocycles. The van der Waals surface area contributed by atoms with Crippen LogP contribution in [-0.4, -0.2) is 41.8 Å². The molecule has 5 N–H and O–H groups in total. The molecule has 0 radical (unpaired) electrons. The highest BCUT2D eigenvalue weighted by molar-refractivity contribution is 7.51. The highest BCUT2D eigenvalue weighted by Gasteiger charge is 2.19. The summed E-state index contributed by atoms with van der Waals surface area (Å²) in [6, 6.07) is 0. The second-order valence-electron chi connectivity index (χ2n) is 4.22. The molecule has 0 aliphatic heterocycles. The molecule has 0 fully saturated rings. The van der Waals surface area contributed by atoms with Crippen molar-refractivity contribution in [2.75, 3.05) is 12.1 Å². The van der Waals surface area contributed by atoms with Gasteiger partial charge in [-0.1, -0.05) is 6.08 Å². The van der Waals surface area contributed by atoms with Crippen molar-refractivity contribution in [3.63, 3.8) is 0 Å². The number of nitrogens with one attached hydrogen (secondary N) is 1. The molecular formula is C10H14N5O5P. The van der Waals surface area contributed by atoms with E-state index in [0.29, 0.717) is 0 Å². The summed E-state index contributed by atoms with van der Waals surface area (Å²) >= 11 is 0. The van der Waals surface area contributed by atoms with E-state index >= 15 is 0 Å². The van der Waals surface area contributed by atoms with Crippen LogP contribution in [0.4, 0.5) is 5.95 Å². The molecule has 21 heavy (non-hydrogen) atoms. The van der Waals surface area contributed by atoms with Gasteiger partial charge in [0.1, 0.15) is 6.35 Å². The minimum absolute atomic E-state index is 0.0733. The zero-order valence-electron chi connectivity index (χ0n) is 10.8. The van der Waals surface area contributed by atoms with Gasteiger partial charge in [0.05, 0.1) is 19.0 Å². The number of hydrogen-bond donors (Lipinski definition) is 4. The summed E-state index contributed by atoms with van der Waals surface area (Å²) in [7, 11) is -4.31. The Morgan fingerprint density at radius 3 is 2.95 bits per heavy atom. The minimum Gasteiger partial charge on any atom is -0.369 e. The third-order valence-electron chi connectivity index (χ3n) is 2.66. The zero-order valence-corrected chi connectivity index (χ0v) is 11.7. The highest BCUT2D eigenvalue weighted by Crippen LogP contribution is 2.34. The fourth-order valence-corrected chi connectivity index (χ4v) is 2.07. The van der Waals surface area contributed by atoms with Crippen LogP contribution in [0.2, 0.25) is 0 Å². The van der Waals surface area contributed by atoms with Crippen molar-refractivity contribution in [2.24, 2.45) is 0 Å². The largest absolute Gasteiger partial charge is 0.369 e. The van der Waals surface area contributed by atoms with E-state index in [4.69, 9.17) is 20.3 Å². The molecule has 0 aromatic carbocycles. The quantitative estimate of drug-likeness (QED) is 0.407. The van der Waals surface area contributed by atoms with Gasteiger partial charge in [0.15, 0.2) is 11.2 Å². The fourth-order valence-electron chi connectivity index (χ4n) is 1.68. The molecule has 0 aliphatic rings. The number of nitrogens with zero attached hydrogens (tertiary/aromatic N) is 3. The van der Waals surface area contributed by atoms with E-state index in [1.807, 2.05) is 0 Å². The van der Waals surface area contributed by atoms with E-state index in [1.165, 1.54) is 12.4 Å². The molecule has 2 rings (SSSR count). The maximum atomic E-state index is 12.2. The van der Waals surface area contributed by atoms with Gasteiger partial charge < -0.3 is 25.2 Å². The Balaban J connectivity index is 2.27. The first-order valence-corrected chi connectivity index (χ1v) is 7.59. The molecule has 2 aromatic heterocycles. The van der Waals surface area contributed by atoms with Crippen molar-refractivity contribution < 1.29 is 19.1 Å². The normalized spacial score (nSPS) is 13.4. The van der Waals surface area contributed by atoms with E-state index in [9.17, 15) is 9.36 Å². The number of H-pyrrole nitrogens is 1. The molecule has 2 heterocycles. The topological polar surface area (TPSA) is 156 Å². The Morgan fingerprint density at radius 1 is 1.62 bits per heavy atom. The average Bonchev–Trinajstić information content (AvgIpc) is 2.85. The van der Waals surface area contributed by atoms with Crippen molar-refractivity contribution >= 4 is 24.7 Å². The Morgan fingerprint density at radius 2 is 2.33 bits per heavy atom. The smallest absolute Gasteiger partial charge is 0.351 e. The summed E-state index contributed by atoms with van der Waals surface area (Å²) in [4.78, 5) is 40.2. The number of ether oxygens (including phenoxy) is 1. The lowest BCUT2D eigenvalue weighted by atomic mass is 10.3. The lowest BCUT2D eigenvalue weighted by molar-refractivity contribution is 0.0955. The van der Waals surface area contributed by atoms with Gasteiger partial charge in [-0.15, -0.1) is 6.58 Å². The van der Waals surface area contributed by atoms with Crippen LogP contribution in [0.1, 0.15) is 0 Å². The zero-order chi connectivity index (χ0) is 15.6. The summed E-state index contributed by atoms with van der Waals surface area (Å²) < 4.78 is 16.9. The number of aromatic nitrogens is 4. The predicted octanol–water partition coefficient (Wildman–Crippen LogP) is -0.592. The average molecular weight is 315 g/mol. The Kier molecular flexibility index (Phi) is 4.24. The van der Waals surface area contributed by atoms with Crippen LogP contribution in [0.3, 0.4) is 0 Å². The van der Waals surface area contributed by atoms with Crippen molar-refractivity contribution in [3.05, 3.63) is 29.3 Å². The monoisotopic (exact) mass is 315 g/mol. The summed E-state index contributed by atoms with van der Waals surface area (Å²) in [5, 5.41) is 0. The summed E-state index contributed by atoms with van der Waals surface area (Å²) in [5.74, 6) is -0.0776. The molecule has 0 saturated heterocycles. The summed E-state index contributed by atoms with van der Waals surface area (Å²) in [6.45, 7) is 3.42. The molecule has 0 bridgehead atoms. The molecule has 11 heteroatoms. The van der Waals surface area contributed by atoms with Crippen LogP contribution in [0.15, 0.2) is 23.8 Å². The van der Waals surface area contributed by atoms with Gasteiger partial charge in [0, 0.05) is 0 Å². The lowest BCUT2D eigenvalue weighted by Gasteiger charge is -2.16. The number of hydrogen-bond acceptors (Lipinski definition) is 6. The minimum atomic E-state index is -4.31. The first-order chi connectivity index (χ1) is 9.81. The van der Waals surface area contributed by atoms with E-state index in [-0.39, 0.29) is 23.7 Å². The third kappa shape index (κ3) is 3.56. The number of rotatable bonds is 6. The molecule has 10 nitrogen and oxygen atoms in total. The first kappa shape index (κ1) is 15.4. The van der Waals surface area contributed by atoms with Crippen LogP contribution < -0.4 is 11.3 Å². The fraction of sp³-hybridized carbons (Fsp3) is 0.300. The summed E-state index contributed by atoms with van der Waals surface area (Å²) in [5.41, 5.74) is 5.61. The number of aromatic amines is 1. The SMILES string of the molecule is C=CC(Cn1c(N)nc2nc[nH]c2c1=O)OCP(=O)(O)O. The highest BCUT2D eigenvalue weighted by atomic mass is 31.2. The first-order valence-electron chi connectivity index (χ1n) is 5.80. The second-order valence-corrected chi connectivity index (χ2v) is 5.81. The molecule has 114 valence electrons. The number of anilines is 1. The Bertz CT molecular complexity index is 763. The standard InChI is InChI=1S/C10H14N5O5P/c1-2-6(20-5-21(17,18)19)3-15-9(16)7-8(13-4-12-7)14-10(15)11/h2,4,6H,1,3,5H2,(H2,11,14)(H,12,13)(H2,17,18,19). The van der Waals surface area contributed by atoms with Gasteiger partial charge in [0.2, 0.25) is 5.95 Å². The predicted molar refractivity (Wildman–Crippen MR) is 74.5 cm³/mol. The van der Waals surface area contributed by atoms with Gasteiger partial charge in [-0.05, 0) is 0 Å². The maximum absolute atomic E-state index is 12.2. The lowest BCUT2D eigenvalue weighted by Crippen LogP contribution is -2.30. The molecule has 0 saturated carbocycles. The number of nitrogen functional groups attached to an aromatic ring is 1. The van der Waals surface area contributed by atoms with Crippen LogP contribution in [0.25, 0.3) is 11.2 Å². The van der Waals surface area contributed by atoms with E-state index in [0.717, 1.165) is 4.57 Å². The molecule has 2 aromatic rings. The molecular weight excluding hydrogens is 301 g/mol. The number of fused-ring (bicyclic) bond motifs is 1. The van der Waals surface area contributed by atoms with Gasteiger partial charge in [-0.2, -0.15) is 4.98 Å². The number of imidazole rings is 1. The second kappa shape index (κ2) is 5.78. The maximum Gasteiger partial charge on any atom is 0.351 e. The van der Waals surface area contributed by atoms with Crippen molar-refractivity contribution in [1.29, 1.82) is 0 Å². The Labute approximate surface area is 118 Å². The Hall–Kier alpha value is -2.00. The van der Waals surface area contributed by atoms with Crippen molar-refractivity contribution in [3.8, 4) is 0 Å². The molecule has 0 amide bonds. The number of nitrogens with two attached hydrogens (primary N) is 1. The van der Waals surface area contributed by atoms with Gasteiger partial charge in [-0.3, -0.25) is 13.9 Å².